The molecule has 0 aromatic heterocycles. The van der Waals surface area contributed by atoms with Gasteiger partial charge in [0.25, 0.3) is 0 Å². The molecule has 2 unspecified atom stereocenters. The number of allylic oxidation sites excluding steroid dienone is 2. The van der Waals surface area contributed by atoms with Crippen molar-refractivity contribution in [3.8, 4) is 0 Å². The number of thiol groups is 2. The Morgan fingerprint density at radius 1 is 1.29 bits per heavy atom. The van der Waals surface area contributed by atoms with Crippen molar-refractivity contribution in [1.82, 2.24) is 0 Å². The van der Waals surface area contributed by atoms with E-state index in [0.717, 1.165) is 22.6 Å². The third kappa shape index (κ3) is 6.23. The molecule has 2 atom stereocenters. The van der Waals surface area contributed by atoms with Crippen molar-refractivity contribution in [3.05, 3.63) is 46.9 Å². The van der Waals surface area contributed by atoms with E-state index in [-0.39, 0.29) is 6.04 Å². The van der Waals surface area contributed by atoms with Gasteiger partial charge in [-0.05, 0) is 48.3 Å². The summed E-state index contributed by atoms with van der Waals surface area (Å²) in [5.41, 5.74) is 2.53. The summed E-state index contributed by atoms with van der Waals surface area (Å²) in [6.07, 6.45) is 8.43. The minimum Gasteiger partial charge on any atom is -0.379 e. The van der Waals surface area contributed by atoms with Crippen LogP contribution in [0.4, 0.5) is 5.69 Å². The van der Waals surface area contributed by atoms with Gasteiger partial charge >= 0.3 is 0 Å². The highest BCUT2D eigenvalue weighted by atomic mass is 32.1. The average Bonchev–Trinajstić information content (AvgIpc) is 2.45. The normalized spacial score (nSPS) is 15.2. The van der Waals surface area contributed by atoms with Gasteiger partial charge in [-0.25, -0.2) is 0 Å². The van der Waals surface area contributed by atoms with Crippen LogP contribution in [-0.2, 0) is 0 Å². The lowest BCUT2D eigenvalue weighted by atomic mass is 9.96. The maximum absolute atomic E-state index is 4.45. The van der Waals surface area contributed by atoms with Crippen LogP contribution >= 0.6 is 25.3 Å². The van der Waals surface area contributed by atoms with Gasteiger partial charge in [0.2, 0.25) is 0 Å². The number of nitrogens with one attached hydrogen (secondary N) is 1. The Morgan fingerprint density at radius 3 is 2.62 bits per heavy atom. The molecule has 3 heteroatoms. The predicted octanol–water partition coefficient (Wildman–Crippen LogP) is 6.07. The third-order valence-electron chi connectivity index (χ3n) is 3.53. The molecule has 0 amide bonds. The molecule has 1 nitrogen and oxygen atoms in total. The molecular formula is C18H27NS2. The molecule has 1 aromatic rings. The molecule has 0 saturated carbocycles. The van der Waals surface area contributed by atoms with Gasteiger partial charge in [-0.3, -0.25) is 0 Å². The Hall–Kier alpha value is -0.800. The van der Waals surface area contributed by atoms with E-state index >= 15 is 0 Å². The van der Waals surface area contributed by atoms with Gasteiger partial charge in [0.1, 0.15) is 0 Å². The minimum absolute atomic E-state index is 0.246. The summed E-state index contributed by atoms with van der Waals surface area (Å²) in [4.78, 5) is 2.00. The van der Waals surface area contributed by atoms with Gasteiger partial charge in [-0.2, -0.15) is 0 Å². The Morgan fingerprint density at radius 2 is 2.00 bits per heavy atom. The summed E-state index contributed by atoms with van der Waals surface area (Å²) in [6.45, 7) is 8.74. The topological polar surface area (TPSA) is 12.0 Å². The fourth-order valence-corrected chi connectivity index (χ4v) is 2.60. The largest absolute Gasteiger partial charge is 0.379 e. The number of hydrogen-bond donors (Lipinski definition) is 3. The molecule has 0 fully saturated rings. The van der Waals surface area contributed by atoms with Crippen LogP contribution in [-0.4, -0.2) is 6.04 Å². The lowest BCUT2D eigenvalue weighted by Gasteiger charge is -2.19. The smallest absolute Gasteiger partial charge is 0.0419 e. The maximum atomic E-state index is 4.45. The van der Waals surface area contributed by atoms with Crippen LogP contribution in [0.25, 0.3) is 0 Å². The van der Waals surface area contributed by atoms with Crippen LogP contribution in [0.2, 0.25) is 0 Å². The number of rotatable bonds is 7. The van der Waals surface area contributed by atoms with E-state index in [2.05, 4.69) is 94.7 Å². The number of anilines is 1. The summed E-state index contributed by atoms with van der Waals surface area (Å²) in [7, 11) is 0. The fourth-order valence-electron chi connectivity index (χ4n) is 2.13. The SMILES string of the molecule is CC/C=C(S)\C=C/C(C)Nc1cc(S)ccc1C(C)CC. The zero-order valence-electron chi connectivity index (χ0n) is 13.4. The van der Waals surface area contributed by atoms with Gasteiger partial charge in [-0.1, -0.05) is 45.1 Å². The van der Waals surface area contributed by atoms with Gasteiger partial charge in [-0.15, -0.1) is 25.3 Å². The van der Waals surface area contributed by atoms with Gasteiger partial charge in [0, 0.05) is 16.6 Å². The molecule has 0 bridgehead atoms. The first-order valence-electron chi connectivity index (χ1n) is 7.64. The molecular weight excluding hydrogens is 294 g/mol. The van der Waals surface area contributed by atoms with E-state index in [0.29, 0.717) is 5.92 Å². The Balaban J connectivity index is 2.86. The van der Waals surface area contributed by atoms with Crippen molar-refractivity contribution in [2.45, 2.75) is 57.4 Å². The van der Waals surface area contributed by atoms with Crippen molar-refractivity contribution >= 4 is 30.9 Å². The van der Waals surface area contributed by atoms with Crippen molar-refractivity contribution in [2.75, 3.05) is 5.32 Å². The van der Waals surface area contributed by atoms with E-state index in [1.54, 1.807) is 0 Å². The maximum Gasteiger partial charge on any atom is 0.0419 e. The lowest BCUT2D eigenvalue weighted by Crippen LogP contribution is -2.14. The van der Waals surface area contributed by atoms with Crippen LogP contribution in [0.15, 0.2) is 46.2 Å². The highest BCUT2D eigenvalue weighted by Crippen LogP contribution is 2.29. The summed E-state index contributed by atoms with van der Waals surface area (Å²) in [5, 5.41) is 3.57. The highest BCUT2D eigenvalue weighted by molar-refractivity contribution is 7.84. The molecule has 0 aliphatic rings. The minimum atomic E-state index is 0.246. The van der Waals surface area contributed by atoms with Crippen LogP contribution in [0.1, 0.15) is 52.0 Å². The molecule has 0 radical (unpaired) electrons. The summed E-state index contributed by atoms with van der Waals surface area (Å²) in [5.74, 6) is 0.540. The van der Waals surface area contributed by atoms with Gasteiger partial charge in [0.15, 0.2) is 0 Å². The van der Waals surface area contributed by atoms with Crippen LogP contribution in [0.3, 0.4) is 0 Å². The molecule has 0 saturated heterocycles. The van der Waals surface area contributed by atoms with Gasteiger partial charge in [0.05, 0.1) is 0 Å². The second kappa shape index (κ2) is 9.26. The van der Waals surface area contributed by atoms with E-state index in [9.17, 15) is 0 Å². The fraction of sp³-hybridized carbons (Fsp3) is 0.444. The van der Waals surface area contributed by atoms with E-state index in [4.69, 9.17) is 0 Å². The monoisotopic (exact) mass is 321 g/mol. The van der Waals surface area contributed by atoms with Crippen LogP contribution < -0.4 is 5.32 Å². The standard InChI is InChI=1S/C18H27NS2/c1-5-7-15(20)9-8-14(4)19-18-12-16(21)10-11-17(18)13(3)6-2/h7-14,19-21H,5-6H2,1-4H3/b9-8-,15-7+. The van der Waals surface area contributed by atoms with Crippen molar-refractivity contribution in [2.24, 2.45) is 0 Å². The van der Waals surface area contributed by atoms with E-state index in [1.165, 1.54) is 11.3 Å². The molecule has 1 N–H and O–H groups in total. The average molecular weight is 322 g/mol. The summed E-state index contributed by atoms with van der Waals surface area (Å²) in [6, 6.07) is 6.59. The highest BCUT2D eigenvalue weighted by Gasteiger charge is 2.10. The molecule has 0 heterocycles. The summed E-state index contributed by atoms with van der Waals surface area (Å²) < 4.78 is 0. The number of hydrogen-bond acceptors (Lipinski definition) is 3. The number of benzene rings is 1. The Kier molecular flexibility index (Phi) is 8.05. The molecule has 116 valence electrons. The lowest BCUT2D eigenvalue weighted by molar-refractivity contribution is 0.732. The third-order valence-corrected chi connectivity index (χ3v) is 4.14. The van der Waals surface area contributed by atoms with Gasteiger partial charge < -0.3 is 5.32 Å². The first-order chi connectivity index (χ1) is 9.97. The zero-order valence-corrected chi connectivity index (χ0v) is 15.2. The Bertz CT molecular complexity index is 506. The van der Waals surface area contributed by atoms with E-state index in [1.807, 2.05) is 0 Å². The van der Waals surface area contributed by atoms with Crippen LogP contribution in [0, 0.1) is 0 Å². The molecule has 1 rings (SSSR count). The molecule has 0 aliphatic carbocycles. The molecule has 1 aromatic carbocycles. The van der Waals surface area contributed by atoms with Crippen LogP contribution in [0.5, 0.6) is 0 Å². The zero-order chi connectivity index (χ0) is 15.8. The quantitative estimate of drug-likeness (QED) is 0.409. The first kappa shape index (κ1) is 18.2. The molecule has 0 aliphatic heterocycles. The van der Waals surface area contributed by atoms with E-state index < -0.39 is 0 Å². The predicted molar refractivity (Wildman–Crippen MR) is 102 cm³/mol. The first-order valence-corrected chi connectivity index (χ1v) is 8.54. The second-order valence-corrected chi connectivity index (χ2v) is 6.44. The second-order valence-electron chi connectivity index (χ2n) is 5.41. The molecule has 0 spiro atoms. The Labute approximate surface area is 140 Å². The van der Waals surface area contributed by atoms with Crippen molar-refractivity contribution in [3.63, 3.8) is 0 Å². The molecule has 21 heavy (non-hydrogen) atoms. The van der Waals surface area contributed by atoms with Crippen molar-refractivity contribution < 1.29 is 0 Å². The summed E-state index contributed by atoms with van der Waals surface area (Å²) >= 11 is 8.88. The van der Waals surface area contributed by atoms with Crippen molar-refractivity contribution in [1.29, 1.82) is 0 Å².